The molecule has 2 aromatic carbocycles. The van der Waals surface area contributed by atoms with E-state index in [1.165, 1.54) is 0 Å². The summed E-state index contributed by atoms with van der Waals surface area (Å²) in [4.78, 5) is 23.4. The molecule has 0 spiro atoms. The molecule has 2 rings (SSSR count). The van der Waals surface area contributed by atoms with Crippen LogP contribution < -0.4 is 10.6 Å². The third kappa shape index (κ3) is 4.76. The minimum atomic E-state index is -0.646. The van der Waals surface area contributed by atoms with Crippen molar-refractivity contribution in [3.05, 3.63) is 65.7 Å². The molecule has 0 fully saturated rings. The molecule has 2 aromatic rings. The number of aryl methyl sites for hydroxylation is 1. The SMILES string of the molecule is Cc1ccc(NC(=O)C(=O)NCCc2ccccc2)cc1. The van der Waals surface area contributed by atoms with E-state index in [4.69, 9.17) is 0 Å². The summed E-state index contributed by atoms with van der Waals surface area (Å²) >= 11 is 0. The molecule has 0 aromatic heterocycles. The first-order valence-corrected chi connectivity index (χ1v) is 6.85. The highest BCUT2D eigenvalue weighted by molar-refractivity contribution is 6.39. The maximum absolute atomic E-state index is 11.7. The molecular weight excluding hydrogens is 264 g/mol. The van der Waals surface area contributed by atoms with Crippen molar-refractivity contribution in [2.24, 2.45) is 0 Å². The Labute approximate surface area is 124 Å². The quantitative estimate of drug-likeness (QED) is 0.845. The standard InChI is InChI=1S/C17H18N2O2/c1-13-7-9-15(10-8-13)19-17(21)16(20)18-12-11-14-5-3-2-4-6-14/h2-10H,11-12H2,1H3,(H,18,20)(H,19,21). The number of rotatable bonds is 4. The topological polar surface area (TPSA) is 58.2 Å². The number of hydrogen-bond acceptors (Lipinski definition) is 2. The summed E-state index contributed by atoms with van der Waals surface area (Å²) in [7, 11) is 0. The first kappa shape index (κ1) is 14.8. The van der Waals surface area contributed by atoms with Crippen LogP contribution in [0, 0.1) is 6.92 Å². The molecule has 0 radical (unpaired) electrons. The van der Waals surface area contributed by atoms with E-state index in [0.29, 0.717) is 18.7 Å². The molecule has 21 heavy (non-hydrogen) atoms. The van der Waals surface area contributed by atoms with Crippen molar-refractivity contribution in [1.29, 1.82) is 0 Å². The Kier molecular flexibility index (Phi) is 5.10. The molecule has 0 aliphatic carbocycles. The first-order valence-electron chi connectivity index (χ1n) is 6.85. The predicted molar refractivity (Wildman–Crippen MR) is 83.0 cm³/mol. The zero-order chi connectivity index (χ0) is 15.1. The van der Waals surface area contributed by atoms with Crippen LogP contribution in [0.5, 0.6) is 0 Å². The van der Waals surface area contributed by atoms with Gasteiger partial charge in [0.1, 0.15) is 0 Å². The molecule has 0 aliphatic heterocycles. The minimum absolute atomic E-state index is 0.435. The Hall–Kier alpha value is -2.62. The molecule has 2 amide bonds. The maximum Gasteiger partial charge on any atom is 0.313 e. The molecule has 2 N–H and O–H groups in total. The van der Waals surface area contributed by atoms with Crippen LogP contribution in [0.15, 0.2) is 54.6 Å². The van der Waals surface area contributed by atoms with E-state index < -0.39 is 11.8 Å². The second-order valence-corrected chi connectivity index (χ2v) is 4.81. The van der Waals surface area contributed by atoms with E-state index in [-0.39, 0.29) is 0 Å². The van der Waals surface area contributed by atoms with Crippen molar-refractivity contribution in [1.82, 2.24) is 5.32 Å². The van der Waals surface area contributed by atoms with Crippen LogP contribution in [0.3, 0.4) is 0 Å². The summed E-state index contributed by atoms with van der Waals surface area (Å²) in [6.45, 7) is 2.39. The van der Waals surface area contributed by atoms with Gasteiger partial charge in [0.05, 0.1) is 0 Å². The van der Waals surface area contributed by atoms with Crippen LogP contribution in [-0.4, -0.2) is 18.4 Å². The summed E-state index contributed by atoms with van der Waals surface area (Å²) in [6.07, 6.45) is 0.699. The molecule has 0 unspecified atom stereocenters. The zero-order valence-electron chi connectivity index (χ0n) is 11.9. The maximum atomic E-state index is 11.7. The second-order valence-electron chi connectivity index (χ2n) is 4.81. The van der Waals surface area contributed by atoms with Crippen LogP contribution in [0.4, 0.5) is 5.69 Å². The van der Waals surface area contributed by atoms with Gasteiger partial charge in [-0.3, -0.25) is 9.59 Å². The van der Waals surface area contributed by atoms with Gasteiger partial charge in [0, 0.05) is 12.2 Å². The van der Waals surface area contributed by atoms with Gasteiger partial charge in [-0.05, 0) is 31.0 Å². The molecule has 0 aliphatic rings. The second kappa shape index (κ2) is 7.24. The summed E-state index contributed by atoms with van der Waals surface area (Å²) in [5, 5.41) is 5.18. The van der Waals surface area contributed by atoms with E-state index in [1.807, 2.05) is 49.4 Å². The van der Waals surface area contributed by atoms with Gasteiger partial charge in [-0.2, -0.15) is 0 Å². The van der Waals surface area contributed by atoms with Gasteiger partial charge < -0.3 is 10.6 Å². The molecule has 0 saturated heterocycles. The van der Waals surface area contributed by atoms with Gasteiger partial charge >= 0.3 is 11.8 Å². The van der Waals surface area contributed by atoms with E-state index in [1.54, 1.807) is 12.1 Å². The van der Waals surface area contributed by atoms with Crippen LogP contribution >= 0.6 is 0 Å². The molecule has 0 bridgehead atoms. The summed E-state index contributed by atoms with van der Waals surface area (Å²) in [5.74, 6) is -1.27. The van der Waals surface area contributed by atoms with Crippen LogP contribution in [0.2, 0.25) is 0 Å². The Morgan fingerprint density at radius 3 is 2.24 bits per heavy atom. The number of amides is 2. The lowest BCUT2D eigenvalue weighted by atomic mass is 10.1. The summed E-state index contributed by atoms with van der Waals surface area (Å²) < 4.78 is 0. The summed E-state index contributed by atoms with van der Waals surface area (Å²) in [6, 6.07) is 17.1. The third-order valence-electron chi connectivity index (χ3n) is 3.06. The number of benzene rings is 2. The smallest absolute Gasteiger partial charge is 0.313 e. The molecular formula is C17H18N2O2. The van der Waals surface area contributed by atoms with Crippen molar-refractivity contribution in [2.45, 2.75) is 13.3 Å². The number of carbonyl (C=O) groups excluding carboxylic acids is 2. The number of anilines is 1. The van der Waals surface area contributed by atoms with Crippen molar-refractivity contribution in [2.75, 3.05) is 11.9 Å². The van der Waals surface area contributed by atoms with Gasteiger partial charge in [0.15, 0.2) is 0 Å². The highest BCUT2D eigenvalue weighted by Crippen LogP contribution is 2.08. The van der Waals surface area contributed by atoms with E-state index in [2.05, 4.69) is 10.6 Å². The Morgan fingerprint density at radius 1 is 0.905 bits per heavy atom. The first-order chi connectivity index (χ1) is 10.1. The Balaban J connectivity index is 1.77. The van der Waals surface area contributed by atoms with E-state index in [9.17, 15) is 9.59 Å². The number of nitrogens with one attached hydrogen (secondary N) is 2. The fourth-order valence-electron chi connectivity index (χ4n) is 1.87. The molecule has 0 heterocycles. The van der Waals surface area contributed by atoms with Gasteiger partial charge in [-0.1, -0.05) is 48.0 Å². The van der Waals surface area contributed by atoms with Crippen molar-refractivity contribution in [3.8, 4) is 0 Å². The third-order valence-corrected chi connectivity index (χ3v) is 3.06. The highest BCUT2D eigenvalue weighted by Gasteiger charge is 2.12. The lowest BCUT2D eigenvalue weighted by molar-refractivity contribution is -0.136. The van der Waals surface area contributed by atoms with Gasteiger partial charge in [-0.15, -0.1) is 0 Å². The molecule has 0 atom stereocenters. The van der Waals surface area contributed by atoms with Crippen molar-refractivity contribution in [3.63, 3.8) is 0 Å². The van der Waals surface area contributed by atoms with Crippen molar-refractivity contribution >= 4 is 17.5 Å². The lowest BCUT2D eigenvalue weighted by Gasteiger charge is -2.07. The fourth-order valence-corrected chi connectivity index (χ4v) is 1.87. The van der Waals surface area contributed by atoms with Gasteiger partial charge in [-0.25, -0.2) is 0 Å². The van der Waals surface area contributed by atoms with Crippen LogP contribution in [-0.2, 0) is 16.0 Å². The zero-order valence-corrected chi connectivity index (χ0v) is 11.9. The lowest BCUT2D eigenvalue weighted by Crippen LogP contribution is -2.36. The monoisotopic (exact) mass is 282 g/mol. The number of carbonyl (C=O) groups is 2. The normalized spacial score (nSPS) is 9.95. The molecule has 4 heteroatoms. The van der Waals surface area contributed by atoms with Gasteiger partial charge in [0.2, 0.25) is 0 Å². The van der Waals surface area contributed by atoms with Crippen molar-refractivity contribution < 1.29 is 9.59 Å². The molecule has 108 valence electrons. The van der Waals surface area contributed by atoms with Crippen LogP contribution in [0.25, 0.3) is 0 Å². The fraction of sp³-hybridized carbons (Fsp3) is 0.176. The van der Waals surface area contributed by atoms with Crippen LogP contribution in [0.1, 0.15) is 11.1 Å². The Bertz CT molecular complexity index is 606. The largest absolute Gasteiger partial charge is 0.347 e. The molecule has 0 saturated carbocycles. The summed E-state index contributed by atoms with van der Waals surface area (Å²) in [5.41, 5.74) is 2.83. The average Bonchev–Trinajstić information content (AvgIpc) is 2.50. The predicted octanol–water partition coefficient (Wildman–Crippen LogP) is 2.29. The Morgan fingerprint density at radius 2 is 1.57 bits per heavy atom. The minimum Gasteiger partial charge on any atom is -0.347 e. The molecule has 4 nitrogen and oxygen atoms in total. The van der Waals surface area contributed by atoms with Gasteiger partial charge in [0.25, 0.3) is 0 Å². The average molecular weight is 282 g/mol. The number of hydrogen-bond donors (Lipinski definition) is 2. The highest BCUT2D eigenvalue weighted by atomic mass is 16.2. The van der Waals surface area contributed by atoms with E-state index >= 15 is 0 Å². The van der Waals surface area contributed by atoms with E-state index in [0.717, 1.165) is 11.1 Å².